The summed E-state index contributed by atoms with van der Waals surface area (Å²) in [5, 5.41) is 0. The average Bonchev–Trinajstić information content (AvgIpc) is 3.64. The zero-order valence-electron chi connectivity index (χ0n) is 35.6. The molecule has 3 aliphatic rings. The molecule has 0 saturated heterocycles. The summed E-state index contributed by atoms with van der Waals surface area (Å²) in [7, 11) is 0. The fourth-order valence-corrected chi connectivity index (χ4v) is 10.7. The van der Waals surface area contributed by atoms with E-state index < -0.39 is 0 Å². The second-order valence-electron chi connectivity index (χ2n) is 20.0. The average molecular weight is 739 g/mol. The highest BCUT2D eigenvalue weighted by molar-refractivity contribution is 5.91. The Morgan fingerprint density at radius 3 is 1.12 bits per heavy atom. The van der Waals surface area contributed by atoms with Crippen molar-refractivity contribution >= 4 is 0 Å². The third kappa shape index (κ3) is 5.12. The Balaban J connectivity index is 1.01. The van der Waals surface area contributed by atoms with Crippen LogP contribution in [0, 0.1) is 13.8 Å². The monoisotopic (exact) mass is 738 g/mol. The molecule has 7 aromatic carbocycles. The van der Waals surface area contributed by atoms with E-state index in [1.54, 1.807) is 0 Å². The molecule has 0 aliphatic heterocycles. The standard InChI is InChI=1S/C57H54/c1-33-25-46-47-26-34(2)45(38-19-23-42-43-24-20-39(54(3,4)5)30-51(43)56(8,9)50(42)29-38)32-53(47)57(10,11)52(46)31-44(33)37-18-22-41-40-21-17-36(35-15-13-12-14-16-35)27-48(40)55(6,7)49(41)28-37/h12-32H,1-11H3. The minimum Gasteiger partial charge on any atom is -0.0622 e. The van der Waals surface area contributed by atoms with Gasteiger partial charge in [0.2, 0.25) is 0 Å². The smallest absolute Gasteiger partial charge is 0.0159 e. The van der Waals surface area contributed by atoms with Crippen LogP contribution in [-0.4, -0.2) is 0 Å². The number of hydrogen-bond donors (Lipinski definition) is 0. The van der Waals surface area contributed by atoms with Crippen LogP contribution in [0.2, 0.25) is 0 Å². The quantitative estimate of drug-likeness (QED) is 0.169. The first-order valence-electron chi connectivity index (χ1n) is 20.9. The lowest BCUT2D eigenvalue weighted by Crippen LogP contribution is -2.17. The van der Waals surface area contributed by atoms with E-state index in [-0.39, 0.29) is 21.7 Å². The molecule has 282 valence electrons. The second kappa shape index (κ2) is 11.8. The number of aryl methyl sites for hydroxylation is 2. The molecule has 57 heavy (non-hydrogen) atoms. The summed E-state index contributed by atoms with van der Waals surface area (Å²) in [6.45, 7) is 26.0. The fourth-order valence-electron chi connectivity index (χ4n) is 10.7. The lowest BCUT2D eigenvalue weighted by atomic mass is 9.78. The summed E-state index contributed by atoms with van der Waals surface area (Å²) in [6, 6.07) is 49.4. The molecule has 0 amide bonds. The lowest BCUT2D eigenvalue weighted by Gasteiger charge is -2.26. The SMILES string of the molecule is Cc1cc2c(cc1-c1ccc3c(c1)C(C)(C)c1cc(-c4ccccc4)ccc1-3)C(C)(C)c1cc(-c3ccc4c(c3)C(C)(C)c3cc(C(C)(C)C)ccc3-4)c(C)cc1-2. The molecule has 0 atom stereocenters. The van der Waals surface area contributed by atoms with Gasteiger partial charge in [0, 0.05) is 16.2 Å². The van der Waals surface area contributed by atoms with Crippen molar-refractivity contribution in [2.24, 2.45) is 0 Å². The molecule has 0 heteroatoms. The highest BCUT2D eigenvalue weighted by atomic mass is 14.4. The van der Waals surface area contributed by atoms with Crippen molar-refractivity contribution in [3.63, 3.8) is 0 Å². The predicted octanol–water partition coefficient (Wildman–Crippen LogP) is 15.5. The van der Waals surface area contributed by atoms with Crippen molar-refractivity contribution < 1.29 is 0 Å². The highest BCUT2D eigenvalue weighted by Crippen LogP contribution is 2.55. The third-order valence-electron chi connectivity index (χ3n) is 14.3. The van der Waals surface area contributed by atoms with Crippen LogP contribution < -0.4 is 0 Å². The van der Waals surface area contributed by atoms with E-state index in [1.807, 2.05) is 0 Å². The molecule has 0 saturated carbocycles. The van der Waals surface area contributed by atoms with Crippen LogP contribution in [-0.2, 0) is 21.7 Å². The molecule has 0 heterocycles. The van der Waals surface area contributed by atoms with Crippen molar-refractivity contribution in [2.75, 3.05) is 0 Å². The largest absolute Gasteiger partial charge is 0.0622 e. The van der Waals surface area contributed by atoms with Gasteiger partial charge in [-0.2, -0.15) is 0 Å². The van der Waals surface area contributed by atoms with Gasteiger partial charge in [-0.15, -0.1) is 0 Å². The van der Waals surface area contributed by atoms with E-state index in [2.05, 4.69) is 204 Å². The molecule has 10 rings (SSSR count). The summed E-state index contributed by atoms with van der Waals surface area (Å²) < 4.78 is 0. The minimum absolute atomic E-state index is 0.0589. The Bertz CT molecular complexity index is 2850. The normalized spacial score (nSPS) is 16.1. The first kappa shape index (κ1) is 35.9. The summed E-state index contributed by atoms with van der Waals surface area (Å²) >= 11 is 0. The van der Waals surface area contributed by atoms with Crippen molar-refractivity contribution in [2.45, 2.75) is 97.8 Å². The number of fused-ring (bicyclic) bond motifs is 9. The van der Waals surface area contributed by atoms with Crippen LogP contribution in [0.1, 0.15) is 112 Å². The van der Waals surface area contributed by atoms with Gasteiger partial charge < -0.3 is 0 Å². The van der Waals surface area contributed by atoms with Gasteiger partial charge in [-0.25, -0.2) is 0 Å². The van der Waals surface area contributed by atoms with E-state index in [0.29, 0.717) is 0 Å². The molecule has 0 radical (unpaired) electrons. The van der Waals surface area contributed by atoms with Crippen molar-refractivity contribution in [1.29, 1.82) is 0 Å². The molecule has 0 spiro atoms. The van der Waals surface area contributed by atoms with Crippen LogP contribution in [0.15, 0.2) is 127 Å². The van der Waals surface area contributed by atoms with Gasteiger partial charge in [0.05, 0.1) is 0 Å². The lowest BCUT2D eigenvalue weighted by molar-refractivity contribution is 0.584. The number of rotatable bonds is 3. The van der Waals surface area contributed by atoms with Crippen molar-refractivity contribution in [3.05, 3.63) is 177 Å². The maximum absolute atomic E-state index is 2.52. The molecular formula is C57H54. The van der Waals surface area contributed by atoms with Gasteiger partial charge >= 0.3 is 0 Å². The maximum atomic E-state index is 2.52. The summed E-state index contributed by atoms with van der Waals surface area (Å²) in [6.07, 6.45) is 0. The van der Waals surface area contributed by atoms with Crippen LogP contribution in [0.5, 0.6) is 0 Å². The van der Waals surface area contributed by atoms with Crippen LogP contribution in [0.3, 0.4) is 0 Å². The zero-order chi connectivity index (χ0) is 40.0. The predicted molar refractivity (Wildman–Crippen MR) is 244 cm³/mol. The molecule has 3 aliphatic carbocycles. The van der Waals surface area contributed by atoms with Gasteiger partial charge in [-0.1, -0.05) is 159 Å². The number of benzene rings is 7. The van der Waals surface area contributed by atoms with Gasteiger partial charge in [-0.3, -0.25) is 0 Å². The molecule has 0 N–H and O–H groups in total. The topological polar surface area (TPSA) is 0 Å². The first-order valence-corrected chi connectivity index (χ1v) is 20.9. The minimum atomic E-state index is -0.134. The third-order valence-corrected chi connectivity index (χ3v) is 14.3. The molecular weight excluding hydrogens is 685 g/mol. The summed E-state index contributed by atoms with van der Waals surface area (Å²) in [5.74, 6) is 0. The van der Waals surface area contributed by atoms with Crippen LogP contribution in [0.4, 0.5) is 0 Å². The molecule has 0 aromatic heterocycles. The molecule has 0 unspecified atom stereocenters. The van der Waals surface area contributed by atoms with Crippen LogP contribution >= 0.6 is 0 Å². The molecule has 0 nitrogen and oxygen atoms in total. The Morgan fingerprint density at radius 2 is 0.684 bits per heavy atom. The molecule has 0 fully saturated rings. The zero-order valence-corrected chi connectivity index (χ0v) is 35.6. The van der Waals surface area contributed by atoms with Crippen molar-refractivity contribution in [1.82, 2.24) is 0 Å². The van der Waals surface area contributed by atoms with E-state index in [4.69, 9.17) is 0 Å². The Morgan fingerprint density at radius 1 is 0.316 bits per heavy atom. The van der Waals surface area contributed by atoms with Crippen molar-refractivity contribution in [3.8, 4) is 66.8 Å². The maximum Gasteiger partial charge on any atom is 0.0159 e. The first-order chi connectivity index (χ1) is 27.0. The molecule has 0 bridgehead atoms. The van der Waals surface area contributed by atoms with E-state index in [9.17, 15) is 0 Å². The fraction of sp³-hybridized carbons (Fsp3) is 0.263. The van der Waals surface area contributed by atoms with E-state index >= 15 is 0 Å². The number of hydrogen-bond acceptors (Lipinski definition) is 0. The van der Waals surface area contributed by atoms with Gasteiger partial charge in [0.15, 0.2) is 0 Å². The Kier molecular flexibility index (Phi) is 7.43. The van der Waals surface area contributed by atoms with Gasteiger partial charge in [0.1, 0.15) is 0 Å². The van der Waals surface area contributed by atoms with E-state index in [1.165, 1.54) is 117 Å². The molecule has 7 aromatic rings. The summed E-state index contributed by atoms with van der Waals surface area (Å²) in [4.78, 5) is 0. The van der Waals surface area contributed by atoms with Crippen LogP contribution in [0.25, 0.3) is 66.8 Å². The van der Waals surface area contributed by atoms with Gasteiger partial charge in [0.25, 0.3) is 0 Å². The van der Waals surface area contributed by atoms with E-state index in [0.717, 1.165) is 0 Å². The van der Waals surface area contributed by atoms with Gasteiger partial charge in [-0.05, 0) is 166 Å². The highest BCUT2D eigenvalue weighted by Gasteiger charge is 2.40. The Hall–Kier alpha value is -5.46. The Labute approximate surface area is 340 Å². The second-order valence-corrected chi connectivity index (χ2v) is 20.0. The summed E-state index contributed by atoms with van der Waals surface area (Å²) in [5.41, 5.74) is 28.5.